The van der Waals surface area contributed by atoms with Gasteiger partial charge in [0.2, 0.25) is 0 Å². The van der Waals surface area contributed by atoms with Crippen LogP contribution in [0.5, 0.6) is 0 Å². The Morgan fingerprint density at radius 3 is 2.00 bits per heavy atom. The molecule has 2 unspecified atom stereocenters. The van der Waals surface area contributed by atoms with Crippen LogP contribution in [0.2, 0.25) is 11.6 Å². The van der Waals surface area contributed by atoms with E-state index < -0.39 is 0 Å². The maximum Gasteiger partial charge on any atom is 0.0817 e. The molecule has 1 heterocycles. The van der Waals surface area contributed by atoms with E-state index in [1.54, 1.807) is 0 Å². The van der Waals surface area contributed by atoms with Gasteiger partial charge in [0.15, 0.2) is 0 Å². The first-order chi connectivity index (χ1) is 3.76. The normalized spacial score (nSPS) is 60.5. The number of epoxide rings is 1. The van der Waals surface area contributed by atoms with Gasteiger partial charge in [-0.05, 0) is 11.6 Å². The Labute approximate surface area is 51.6 Å². The molecule has 1 aliphatic carbocycles. The standard InChI is InChI=1S/C5H6B2O/c6-3-1-4(7)5(3)2-8-5/h3-4H,1-2H2. The molecule has 8 heavy (non-hydrogen) atoms. The molecule has 1 saturated heterocycles. The smallest absolute Gasteiger partial charge is 0.0817 e. The van der Waals surface area contributed by atoms with Gasteiger partial charge >= 0.3 is 0 Å². The molecule has 1 aliphatic heterocycles. The van der Waals surface area contributed by atoms with Gasteiger partial charge in [0.25, 0.3) is 0 Å². The quantitative estimate of drug-likeness (QED) is 0.313. The van der Waals surface area contributed by atoms with Crippen LogP contribution >= 0.6 is 0 Å². The van der Waals surface area contributed by atoms with E-state index in [9.17, 15) is 0 Å². The van der Waals surface area contributed by atoms with Gasteiger partial charge < -0.3 is 4.74 Å². The van der Waals surface area contributed by atoms with E-state index in [4.69, 9.17) is 20.4 Å². The van der Waals surface area contributed by atoms with Gasteiger partial charge in [-0.1, -0.05) is 6.42 Å². The largest absolute Gasteiger partial charge is 0.371 e. The summed E-state index contributed by atoms with van der Waals surface area (Å²) in [6, 6.07) is 0. The first-order valence-electron chi connectivity index (χ1n) is 2.91. The Morgan fingerprint density at radius 2 is 1.88 bits per heavy atom. The molecule has 0 aromatic carbocycles. The monoisotopic (exact) mass is 104 g/mol. The van der Waals surface area contributed by atoms with Crippen molar-refractivity contribution in [1.29, 1.82) is 0 Å². The first kappa shape index (κ1) is 4.92. The van der Waals surface area contributed by atoms with Gasteiger partial charge in [0.05, 0.1) is 27.9 Å². The summed E-state index contributed by atoms with van der Waals surface area (Å²) in [5.74, 6) is 0.440. The van der Waals surface area contributed by atoms with Crippen LogP contribution in [-0.4, -0.2) is 27.9 Å². The molecular formula is C5H6B2O. The average molecular weight is 104 g/mol. The fourth-order valence-corrected chi connectivity index (χ4v) is 1.30. The van der Waals surface area contributed by atoms with Gasteiger partial charge in [0.1, 0.15) is 0 Å². The minimum Gasteiger partial charge on any atom is -0.371 e. The molecule has 1 spiro atoms. The molecule has 0 bridgehead atoms. The van der Waals surface area contributed by atoms with Crippen molar-refractivity contribution in [2.45, 2.75) is 23.7 Å². The summed E-state index contributed by atoms with van der Waals surface area (Å²) in [7, 11) is 11.2. The molecule has 1 nitrogen and oxygen atoms in total. The van der Waals surface area contributed by atoms with E-state index in [0.29, 0.717) is 0 Å². The van der Waals surface area contributed by atoms with Crippen molar-refractivity contribution >= 4 is 15.7 Å². The zero-order valence-electron chi connectivity index (χ0n) is 4.63. The number of hydrogen-bond donors (Lipinski definition) is 0. The van der Waals surface area contributed by atoms with Gasteiger partial charge in [0, 0.05) is 0 Å². The lowest BCUT2D eigenvalue weighted by Crippen LogP contribution is -2.37. The second-order valence-corrected chi connectivity index (χ2v) is 2.69. The summed E-state index contributed by atoms with van der Waals surface area (Å²) < 4.78 is 5.11. The van der Waals surface area contributed by atoms with Crippen LogP contribution in [-0.2, 0) is 4.74 Å². The topological polar surface area (TPSA) is 12.5 Å². The Morgan fingerprint density at radius 1 is 1.38 bits per heavy atom. The summed E-state index contributed by atoms with van der Waals surface area (Å²) >= 11 is 0. The highest BCUT2D eigenvalue weighted by Gasteiger charge is 2.59. The Kier molecular flexibility index (Phi) is 0.710. The maximum absolute atomic E-state index is 5.60. The molecule has 1 saturated carbocycles. The summed E-state index contributed by atoms with van der Waals surface area (Å²) in [6.07, 6.45) is 0.931. The average Bonchev–Trinajstić information content (AvgIpc) is 2.44. The summed E-state index contributed by atoms with van der Waals surface area (Å²) in [6.45, 7) is 0.787. The molecule has 2 fully saturated rings. The maximum atomic E-state index is 5.60. The van der Waals surface area contributed by atoms with Crippen LogP contribution in [0.4, 0.5) is 0 Å². The van der Waals surface area contributed by atoms with Crippen LogP contribution in [0, 0.1) is 0 Å². The third kappa shape index (κ3) is 0.355. The van der Waals surface area contributed by atoms with Crippen molar-refractivity contribution in [2.75, 3.05) is 6.61 Å². The zero-order chi connectivity index (χ0) is 5.78. The minimum absolute atomic E-state index is 0.0556. The van der Waals surface area contributed by atoms with Crippen molar-refractivity contribution in [1.82, 2.24) is 0 Å². The minimum atomic E-state index is -0.0556. The second kappa shape index (κ2) is 1.15. The Bertz CT molecular complexity index is 112. The van der Waals surface area contributed by atoms with E-state index in [0.717, 1.165) is 13.0 Å². The molecule has 0 N–H and O–H groups in total. The molecular weight excluding hydrogens is 97.7 g/mol. The molecule has 2 aliphatic rings. The zero-order valence-corrected chi connectivity index (χ0v) is 4.63. The van der Waals surface area contributed by atoms with E-state index in [1.807, 2.05) is 0 Å². The van der Waals surface area contributed by atoms with Gasteiger partial charge in [-0.3, -0.25) is 0 Å². The molecule has 0 amide bonds. The van der Waals surface area contributed by atoms with Crippen LogP contribution in [0.15, 0.2) is 0 Å². The highest BCUT2D eigenvalue weighted by molar-refractivity contribution is 6.20. The molecule has 38 valence electrons. The first-order valence-corrected chi connectivity index (χ1v) is 2.91. The molecule has 3 heteroatoms. The molecule has 0 aromatic rings. The van der Waals surface area contributed by atoms with E-state index in [2.05, 4.69) is 0 Å². The fraction of sp³-hybridized carbons (Fsp3) is 1.00. The van der Waals surface area contributed by atoms with Crippen molar-refractivity contribution < 1.29 is 4.74 Å². The Balaban J connectivity index is 2.11. The summed E-state index contributed by atoms with van der Waals surface area (Å²) in [4.78, 5) is 0. The predicted octanol–water partition coefficient (Wildman–Crippen LogP) is 0.0731. The van der Waals surface area contributed by atoms with Crippen molar-refractivity contribution in [3.8, 4) is 0 Å². The molecule has 0 aromatic heterocycles. The van der Waals surface area contributed by atoms with E-state index in [-0.39, 0.29) is 17.2 Å². The van der Waals surface area contributed by atoms with Gasteiger partial charge in [-0.2, -0.15) is 0 Å². The van der Waals surface area contributed by atoms with Crippen molar-refractivity contribution in [3.05, 3.63) is 0 Å². The van der Waals surface area contributed by atoms with Crippen LogP contribution < -0.4 is 0 Å². The lowest BCUT2D eigenvalue weighted by Gasteiger charge is -2.39. The van der Waals surface area contributed by atoms with Crippen LogP contribution in [0.25, 0.3) is 0 Å². The highest BCUT2D eigenvalue weighted by Crippen LogP contribution is 2.59. The molecule has 4 radical (unpaired) electrons. The third-order valence-electron chi connectivity index (χ3n) is 2.24. The predicted molar refractivity (Wildman–Crippen MR) is 32.3 cm³/mol. The van der Waals surface area contributed by atoms with E-state index >= 15 is 0 Å². The lowest BCUT2D eigenvalue weighted by atomic mass is 9.49. The fourth-order valence-electron chi connectivity index (χ4n) is 1.30. The van der Waals surface area contributed by atoms with Crippen LogP contribution in [0.3, 0.4) is 0 Å². The highest BCUT2D eigenvalue weighted by atomic mass is 16.6. The molecule has 2 atom stereocenters. The van der Waals surface area contributed by atoms with Gasteiger partial charge in [-0.15, -0.1) is 0 Å². The van der Waals surface area contributed by atoms with Gasteiger partial charge in [-0.25, -0.2) is 0 Å². The lowest BCUT2D eigenvalue weighted by molar-refractivity contribution is 0.202. The van der Waals surface area contributed by atoms with E-state index in [1.165, 1.54) is 0 Å². The molecule has 2 rings (SSSR count). The summed E-state index contributed by atoms with van der Waals surface area (Å²) in [5, 5.41) is 0. The number of hydrogen-bond acceptors (Lipinski definition) is 1. The SMILES string of the molecule is [B]C1CC([B])C12CO2. The van der Waals surface area contributed by atoms with Crippen molar-refractivity contribution in [2.24, 2.45) is 0 Å². The van der Waals surface area contributed by atoms with Crippen LogP contribution in [0.1, 0.15) is 6.42 Å². The van der Waals surface area contributed by atoms with Crippen molar-refractivity contribution in [3.63, 3.8) is 0 Å². The Hall–Kier alpha value is 0.0899. The summed E-state index contributed by atoms with van der Waals surface area (Å²) in [5.41, 5.74) is -0.0556. The second-order valence-electron chi connectivity index (χ2n) is 2.69. The third-order valence-corrected chi connectivity index (χ3v) is 2.24. The number of rotatable bonds is 0. The number of ether oxygens (including phenoxy) is 1.